The number of aromatic nitrogens is 3. The minimum atomic E-state index is -0.156. The third kappa shape index (κ3) is 3.40. The fourth-order valence-electron chi connectivity index (χ4n) is 3.87. The molecule has 1 saturated heterocycles. The summed E-state index contributed by atoms with van der Waals surface area (Å²) in [5.74, 6) is 1.47. The monoisotopic (exact) mass is 405 g/mol. The number of rotatable bonds is 6. The molecule has 1 atom stereocenters. The lowest BCUT2D eigenvalue weighted by molar-refractivity contribution is -0.931. The number of furan rings is 1. The zero-order chi connectivity index (χ0) is 19.7. The molecule has 0 radical (unpaired) electrons. The van der Waals surface area contributed by atoms with Gasteiger partial charge in [0.25, 0.3) is 0 Å². The summed E-state index contributed by atoms with van der Waals surface area (Å²) in [6, 6.07) is 3.63. The minimum Gasteiger partial charge on any atom is -0.492 e. The lowest BCUT2D eigenvalue weighted by atomic mass is 9.95. The molecule has 1 aliphatic rings. The molecule has 1 fully saturated rings. The van der Waals surface area contributed by atoms with Crippen molar-refractivity contribution in [2.24, 2.45) is 5.92 Å². The molecule has 0 aromatic carbocycles. The first kappa shape index (κ1) is 18.9. The number of aryl methyl sites for hydroxylation is 1. The maximum absolute atomic E-state index is 12.1. The van der Waals surface area contributed by atoms with E-state index in [1.807, 2.05) is 26.0 Å². The van der Waals surface area contributed by atoms with Crippen LogP contribution in [0.4, 0.5) is 0 Å². The van der Waals surface area contributed by atoms with Gasteiger partial charge in [-0.25, -0.2) is 4.98 Å². The number of thiazole rings is 1. The number of fused-ring (bicyclic) bond motifs is 1. The predicted octanol–water partition coefficient (Wildman–Crippen LogP) is 1.60. The van der Waals surface area contributed by atoms with Crippen molar-refractivity contribution in [2.75, 3.05) is 19.7 Å². The Bertz CT molecular complexity index is 941. The van der Waals surface area contributed by atoms with E-state index < -0.39 is 0 Å². The van der Waals surface area contributed by atoms with Gasteiger partial charge in [0.2, 0.25) is 10.8 Å². The van der Waals surface area contributed by atoms with Gasteiger partial charge >= 0.3 is 5.97 Å². The third-order valence-corrected chi connectivity index (χ3v) is 6.39. The van der Waals surface area contributed by atoms with E-state index in [2.05, 4.69) is 10.1 Å². The Morgan fingerprint density at radius 1 is 1.46 bits per heavy atom. The zero-order valence-corrected chi connectivity index (χ0v) is 16.9. The molecule has 1 aliphatic heterocycles. The smallest absolute Gasteiger partial charge is 0.309 e. The fraction of sp³-hybridized carbons (Fsp3) is 0.526. The summed E-state index contributed by atoms with van der Waals surface area (Å²) < 4.78 is 12.4. The van der Waals surface area contributed by atoms with Gasteiger partial charge < -0.3 is 19.2 Å². The lowest BCUT2D eigenvalue weighted by Crippen LogP contribution is -3.13. The van der Waals surface area contributed by atoms with Crippen molar-refractivity contribution in [3.8, 4) is 5.88 Å². The van der Waals surface area contributed by atoms with Crippen LogP contribution in [0.15, 0.2) is 22.8 Å². The van der Waals surface area contributed by atoms with Gasteiger partial charge in [-0.3, -0.25) is 4.79 Å². The maximum Gasteiger partial charge on any atom is 0.309 e. The van der Waals surface area contributed by atoms with Crippen molar-refractivity contribution in [2.45, 2.75) is 39.2 Å². The molecule has 3 aromatic heterocycles. The highest BCUT2D eigenvalue weighted by atomic mass is 32.1. The van der Waals surface area contributed by atoms with Gasteiger partial charge in [0.1, 0.15) is 4.88 Å². The molecule has 8 nitrogen and oxygen atoms in total. The highest BCUT2D eigenvalue weighted by molar-refractivity contribution is 7.17. The number of carbonyl (C=O) groups excluding carboxylic acids is 1. The number of nitrogens with zero attached hydrogens (tertiary/aromatic N) is 3. The van der Waals surface area contributed by atoms with E-state index in [0.717, 1.165) is 43.0 Å². The van der Waals surface area contributed by atoms with Crippen LogP contribution in [0.25, 0.3) is 4.96 Å². The molecule has 4 heterocycles. The topological polar surface area (TPSA) is 94.3 Å². The molecule has 4 rings (SSSR count). The van der Waals surface area contributed by atoms with E-state index in [-0.39, 0.29) is 23.8 Å². The zero-order valence-electron chi connectivity index (χ0n) is 16.1. The average molecular weight is 406 g/mol. The predicted molar refractivity (Wildman–Crippen MR) is 103 cm³/mol. The maximum atomic E-state index is 12.1. The van der Waals surface area contributed by atoms with Gasteiger partial charge in [-0.15, -0.1) is 5.10 Å². The Balaban J connectivity index is 1.62. The number of piperidine rings is 1. The molecule has 3 aromatic rings. The summed E-state index contributed by atoms with van der Waals surface area (Å²) in [4.78, 5) is 19.3. The molecule has 0 amide bonds. The standard InChI is InChI=1S/C19H24N4O4S/c1-3-14-20-19-23(21-14)17(24)16(28-19)15(13-6-5-11-27-13)22-9-7-12(8-10-22)18(25)26-4-2/h5-6,11-12,15,24H,3-4,7-10H2,1-2H3/p+1/t15-/m0/s1. The SMILES string of the molecule is CCOC(=O)C1CC[NH+]([C@@H](c2ccco2)c2sc3nc(CC)nn3c2O)CC1. The summed E-state index contributed by atoms with van der Waals surface area (Å²) in [7, 11) is 0. The van der Waals surface area contributed by atoms with E-state index in [1.165, 1.54) is 20.8 Å². The van der Waals surface area contributed by atoms with Crippen molar-refractivity contribution >= 4 is 22.3 Å². The molecule has 0 spiro atoms. The molecule has 0 saturated carbocycles. The first-order chi connectivity index (χ1) is 13.6. The van der Waals surface area contributed by atoms with Gasteiger partial charge in [-0.05, 0) is 19.1 Å². The lowest BCUT2D eigenvalue weighted by Gasteiger charge is -2.32. The van der Waals surface area contributed by atoms with Crippen molar-refractivity contribution < 1.29 is 24.0 Å². The second-order valence-electron chi connectivity index (χ2n) is 7.00. The number of quaternary nitrogens is 1. The summed E-state index contributed by atoms with van der Waals surface area (Å²) in [6.45, 7) is 5.82. The molecule has 28 heavy (non-hydrogen) atoms. The summed E-state index contributed by atoms with van der Waals surface area (Å²) in [5, 5.41) is 15.2. The van der Waals surface area contributed by atoms with Gasteiger partial charge in [0.05, 0.1) is 31.9 Å². The fourth-order valence-corrected chi connectivity index (χ4v) is 5.01. The van der Waals surface area contributed by atoms with Crippen molar-refractivity contribution in [3.63, 3.8) is 0 Å². The third-order valence-electron chi connectivity index (χ3n) is 5.31. The number of ether oxygens (including phenoxy) is 1. The number of likely N-dealkylation sites (tertiary alicyclic amines) is 1. The van der Waals surface area contributed by atoms with Crippen LogP contribution < -0.4 is 4.90 Å². The van der Waals surface area contributed by atoms with E-state index in [0.29, 0.717) is 17.4 Å². The van der Waals surface area contributed by atoms with Gasteiger partial charge in [0, 0.05) is 19.3 Å². The highest BCUT2D eigenvalue weighted by Gasteiger charge is 2.38. The summed E-state index contributed by atoms with van der Waals surface area (Å²) in [6.07, 6.45) is 3.88. The quantitative estimate of drug-likeness (QED) is 0.605. The normalized spacial score (nSPS) is 21.1. The summed E-state index contributed by atoms with van der Waals surface area (Å²) in [5.41, 5.74) is 0. The molecule has 9 heteroatoms. The Morgan fingerprint density at radius 2 is 2.25 bits per heavy atom. The number of carbonyl (C=O) groups is 1. The molecule has 150 valence electrons. The summed E-state index contributed by atoms with van der Waals surface area (Å²) >= 11 is 1.44. The second kappa shape index (κ2) is 7.92. The van der Waals surface area contributed by atoms with E-state index >= 15 is 0 Å². The Kier molecular flexibility index (Phi) is 5.36. The van der Waals surface area contributed by atoms with Crippen molar-refractivity contribution in [3.05, 3.63) is 34.9 Å². The Labute approximate surface area is 166 Å². The number of nitrogens with one attached hydrogen (secondary N) is 1. The van der Waals surface area contributed by atoms with E-state index in [4.69, 9.17) is 9.15 Å². The Morgan fingerprint density at radius 3 is 2.86 bits per heavy atom. The molecule has 2 N–H and O–H groups in total. The van der Waals surface area contributed by atoms with Crippen molar-refractivity contribution in [1.29, 1.82) is 0 Å². The van der Waals surface area contributed by atoms with Gasteiger partial charge in [-0.2, -0.15) is 4.52 Å². The average Bonchev–Trinajstić information content (AvgIpc) is 3.42. The number of aromatic hydroxyl groups is 1. The molecular weight excluding hydrogens is 380 g/mol. The largest absolute Gasteiger partial charge is 0.492 e. The van der Waals surface area contributed by atoms with Crippen LogP contribution >= 0.6 is 11.3 Å². The number of esters is 1. The van der Waals surface area contributed by atoms with Gasteiger partial charge in [0.15, 0.2) is 17.6 Å². The molecular formula is C19H25N4O4S+. The van der Waals surface area contributed by atoms with Crippen molar-refractivity contribution in [1.82, 2.24) is 14.6 Å². The van der Waals surface area contributed by atoms with Crippen LogP contribution in [0, 0.1) is 5.92 Å². The second-order valence-corrected chi connectivity index (χ2v) is 8.01. The highest BCUT2D eigenvalue weighted by Crippen LogP contribution is 2.35. The van der Waals surface area contributed by atoms with Crippen LogP contribution in [0.1, 0.15) is 49.2 Å². The number of hydrogen-bond acceptors (Lipinski definition) is 7. The Hall–Kier alpha value is -2.39. The van der Waals surface area contributed by atoms with Crippen LogP contribution in [-0.4, -0.2) is 45.4 Å². The van der Waals surface area contributed by atoms with Crippen LogP contribution in [0.3, 0.4) is 0 Å². The minimum absolute atomic E-state index is 0.0519. The number of hydrogen-bond donors (Lipinski definition) is 2. The first-order valence-corrected chi connectivity index (χ1v) is 10.6. The van der Waals surface area contributed by atoms with Gasteiger partial charge in [-0.1, -0.05) is 18.3 Å². The molecule has 0 unspecified atom stereocenters. The van der Waals surface area contributed by atoms with Crippen LogP contribution in [0.5, 0.6) is 5.88 Å². The van der Waals surface area contributed by atoms with Crippen LogP contribution in [0.2, 0.25) is 0 Å². The molecule has 0 bridgehead atoms. The first-order valence-electron chi connectivity index (χ1n) is 9.74. The molecule has 0 aliphatic carbocycles. The van der Waals surface area contributed by atoms with E-state index in [9.17, 15) is 9.90 Å². The van der Waals surface area contributed by atoms with Crippen LogP contribution in [-0.2, 0) is 16.0 Å². The van der Waals surface area contributed by atoms with E-state index in [1.54, 1.807) is 6.26 Å².